The van der Waals surface area contributed by atoms with Crippen LogP contribution in [0.5, 0.6) is 0 Å². The van der Waals surface area contributed by atoms with Gasteiger partial charge in [0, 0.05) is 0 Å². The molecule has 0 bridgehead atoms. The Morgan fingerprint density at radius 2 is 1.45 bits per heavy atom. The fourth-order valence-electron chi connectivity index (χ4n) is 1.16. The topological polar surface area (TPSA) is 191 Å². The van der Waals surface area contributed by atoms with Crippen LogP contribution in [0.3, 0.4) is 0 Å². The van der Waals surface area contributed by atoms with E-state index in [4.69, 9.17) is 22.9 Å². The molecule has 0 aromatic heterocycles. The van der Waals surface area contributed by atoms with E-state index in [2.05, 4.69) is 9.47 Å². The van der Waals surface area contributed by atoms with Crippen molar-refractivity contribution >= 4 is 23.8 Å². The van der Waals surface area contributed by atoms with Crippen molar-refractivity contribution in [1.29, 1.82) is 0 Å². The molecule has 8 N–H and O–H groups in total. The monoisotopic (exact) mass is 318 g/mol. The third kappa shape index (κ3) is 7.11. The molecular weight excluding hydrogens is 296 g/mol. The van der Waals surface area contributed by atoms with E-state index in [0.717, 1.165) is 0 Å². The van der Waals surface area contributed by atoms with Crippen LogP contribution in [0.1, 0.15) is 20.3 Å². The lowest BCUT2D eigenvalue weighted by molar-refractivity contribution is -0.163. The predicted molar refractivity (Wildman–Crippen MR) is 74.6 cm³/mol. The zero-order chi connectivity index (χ0) is 17.4. The number of amides is 1. The van der Waals surface area contributed by atoms with Crippen molar-refractivity contribution in [3.63, 3.8) is 0 Å². The fraction of sp³-hybridized carbons (Fsp3) is 0.667. The Morgan fingerprint density at radius 1 is 0.909 bits per heavy atom. The lowest BCUT2D eigenvalue weighted by Gasteiger charge is -2.16. The molecule has 10 nitrogen and oxygen atoms in total. The number of nitrogens with two attached hydrogens (primary N) is 4. The van der Waals surface area contributed by atoms with Crippen LogP contribution in [0, 0.1) is 5.92 Å². The summed E-state index contributed by atoms with van der Waals surface area (Å²) in [7, 11) is 0. The van der Waals surface area contributed by atoms with Crippen molar-refractivity contribution in [1.82, 2.24) is 0 Å². The molecule has 0 rings (SSSR count). The molecule has 0 aromatic carbocycles. The van der Waals surface area contributed by atoms with Gasteiger partial charge in [0.15, 0.2) is 0 Å². The summed E-state index contributed by atoms with van der Waals surface area (Å²) in [5, 5.41) is 0. The van der Waals surface area contributed by atoms with Crippen molar-refractivity contribution in [2.75, 3.05) is 6.61 Å². The van der Waals surface area contributed by atoms with Gasteiger partial charge in [-0.2, -0.15) is 0 Å². The largest absolute Gasteiger partial charge is 0.462 e. The number of hydrogen-bond donors (Lipinski definition) is 4. The molecule has 0 aliphatic rings. The minimum Gasteiger partial charge on any atom is -0.462 e. The Kier molecular flexibility index (Phi) is 8.23. The number of carbonyl (C=O) groups excluding carboxylic acids is 4. The third-order valence-corrected chi connectivity index (χ3v) is 2.62. The Morgan fingerprint density at radius 3 is 1.91 bits per heavy atom. The van der Waals surface area contributed by atoms with Crippen LogP contribution in [0.4, 0.5) is 0 Å². The fourth-order valence-corrected chi connectivity index (χ4v) is 1.16. The maximum Gasteiger partial charge on any atom is 0.334 e. The number of primary amides is 1. The van der Waals surface area contributed by atoms with Crippen molar-refractivity contribution in [3.8, 4) is 0 Å². The Bertz CT molecular complexity index is 439. The van der Waals surface area contributed by atoms with E-state index in [0.29, 0.717) is 0 Å². The number of carbonyl (C=O) groups is 4. The average molecular weight is 318 g/mol. The van der Waals surface area contributed by atoms with Crippen LogP contribution < -0.4 is 22.9 Å². The normalized spacial score (nSPS) is 14.8. The second-order valence-electron chi connectivity index (χ2n) is 5.02. The summed E-state index contributed by atoms with van der Waals surface area (Å²) in [6, 6.07) is -3.60. The molecule has 1 amide bonds. The zero-order valence-corrected chi connectivity index (χ0v) is 12.5. The number of hydrogen-bond acceptors (Lipinski definition) is 9. The first-order valence-electron chi connectivity index (χ1n) is 6.53. The number of ether oxygens (including phenoxy) is 2. The molecule has 0 spiro atoms. The van der Waals surface area contributed by atoms with Gasteiger partial charge in [-0.05, 0) is 5.92 Å². The van der Waals surface area contributed by atoms with E-state index in [-0.39, 0.29) is 5.92 Å². The van der Waals surface area contributed by atoms with E-state index in [1.54, 1.807) is 13.8 Å². The minimum atomic E-state index is -1.38. The van der Waals surface area contributed by atoms with Crippen LogP contribution in [0.2, 0.25) is 0 Å². The molecule has 10 heteroatoms. The molecule has 22 heavy (non-hydrogen) atoms. The van der Waals surface area contributed by atoms with E-state index >= 15 is 0 Å². The standard InChI is InChI=1S/C12H22N4O6/c1-5(2)9(16)12(20)22-11(19)7(14)4-21-10(18)6(13)3-8(15)17/h5-7,9H,3-4,13-14,16H2,1-2H3,(H2,15,17)/t6-,7-,9-/m0/s1. The van der Waals surface area contributed by atoms with Gasteiger partial charge in [-0.25, -0.2) is 9.59 Å². The first-order valence-corrected chi connectivity index (χ1v) is 6.53. The van der Waals surface area contributed by atoms with Crippen LogP contribution in [0.15, 0.2) is 0 Å². The smallest absolute Gasteiger partial charge is 0.334 e. The summed E-state index contributed by atoms with van der Waals surface area (Å²) in [6.45, 7) is 2.80. The van der Waals surface area contributed by atoms with E-state index in [1.165, 1.54) is 0 Å². The molecule has 0 heterocycles. The van der Waals surface area contributed by atoms with Gasteiger partial charge < -0.3 is 32.4 Å². The second kappa shape index (κ2) is 9.07. The van der Waals surface area contributed by atoms with Crippen LogP contribution in [-0.2, 0) is 28.7 Å². The molecule has 126 valence electrons. The Labute approximate surface area is 127 Å². The molecular formula is C12H22N4O6. The molecule has 0 aliphatic heterocycles. The zero-order valence-electron chi connectivity index (χ0n) is 12.5. The lowest BCUT2D eigenvalue weighted by atomic mass is 10.1. The minimum absolute atomic E-state index is 0.221. The van der Waals surface area contributed by atoms with Gasteiger partial charge in [0.25, 0.3) is 0 Å². The maximum absolute atomic E-state index is 11.5. The SMILES string of the molecule is CC(C)[C@H](N)C(=O)OC(=O)[C@@H](N)COC(=O)[C@@H](N)CC(N)=O. The van der Waals surface area contributed by atoms with Gasteiger partial charge in [-0.3, -0.25) is 9.59 Å². The highest BCUT2D eigenvalue weighted by atomic mass is 16.6. The van der Waals surface area contributed by atoms with Crippen molar-refractivity contribution in [3.05, 3.63) is 0 Å². The van der Waals surface area contributed by atoms with E-state index in [9.17, 15) is 19.2 Å². The highest BCUT2D eigenvalue weighted by Crippen LogP contribution is 2.02. The molecule has 0 saturated carbocycles. The molecule has 0 unspecified atom stereocenters. The van der Waals surface area contributed by atoms with Crippen molar-refractivity contribution < 1.29 is 28.7 Å². The second-order valence-corrected chi connectivity index (χ2v) is 5.02. The van der Waals surface area contributed by atoms with Gasteiger partial charge in [0.2, 0.25) is 5.91 Å². The van der Waals surface area contributed by atoms with E-state index in [1.807, 2.05) is 0 Å². The van der Waals surface area contributed by atoms with Crippen LogP contribution in [-0.4, -0.2) is 48.5 Å². The molecule has 0 radical (unpaired) electrons. The summed E-state index contributed by atoms with van der Waals surface area (Å²) in [5.74, 6) is -3.96. The first-order chi connectivity index (χ1) is 10.1. The summed E-state index contributed by atoms with van der Waals surface area (Å²) in [4.78, 5) is 44.9. The predicted octanol–water partition coefficient (Wildman–Crippen LogP) is -2.89. The van der Waals surface area contributed by atoms with Crippen molar-refractivity contribution in [2.24, 2.45) is 28.9 Å². The van der Waals surface area contributed by atoms with Gasteiger partial charge in [-0.15, -0.1) is 0 Å². The summed E-state index contributed by atoms with van der Waals surface area (Å²) < 4.78 is 9.11. The van der Waals surface area contributed by atoms with Crippen LogP contribution in [0.25, 0.3) is 0 Å². The van der Waals surface area contributed by atoms with Gasteiger partial charge >= 0.3 is 17.9 Å². The molecule has 0 saturated heterocycles. The van der Waals surface area contributed by atoms with Gasteiger partial charge in [-0.1, -0.05) is 13.8 Å². The number of esters is 3. The van der Waals surface area contributed by atoms with E-state index < -0.39 is 55.0 Å². The van der Waals surface area contributed by atoms with Gasteiger partial charge in [0.05, 0.1) is 6.42 Å². The molecule has 0 fully saturated rings. The molecule has 0 aliphatic carbocycles. The summed E-state index contributed by atoms with van der Waals surface area (Å²) >= 11 is 0. The van der Waals surface area contributed by atoms with Gasteiger partial charge in [0.1, 0.15) is 24.7 Å². The molecule has 0 aromatic rings. The summed E-state index contributed by atoms with van der Waals surface area (Å²) in [6.07, 6.45) is -0.403. The lowest BCUT2D eigenvalue weighted by Crippen LogP contribution is -2.45. The highest BCUT2D eigenvalue weighted by Gasteiger charge is 2.26. The maximum atomic E-state index is 11.5. The van der Waals surface area contributed by atoms with Crippen molar-refractivity contribution in [2.45, 2.75) is 38.4 Å². The number of rotatable bonds is 8. The van der Waals surface area contributed by atoms with Crippen LogP contribution >= 0.6 is 0 Å². The quantitative estimate of drug-likeness (QED) is 0.268. The Balaban J connectivity index is 4.29. The third-order valence-electron chi connectivity index (χ3n) is 2.62. The first kappa shape index (κ1) is 20.0. The highest BCUT2D eigenvalue weighted by molar-refractivity contribution is 5.91. The summed E-state index contributed by atoms with van der Waals surface area (Å²) in [5.41, 5.74) is 21.1. The average Bonchev–Trinajstić information content (AvgIpc) is 2.42. The molecule has 3 atom stereocenters. The Hall–Kier alpha value is -2.04.